The lowest BCUT2D eigenvalue weighted by Crippen LogP contribution is -2.71. The third-order valence-electron chi connectivity index (χ3n) is 5.85. The maximum atomic E-state index is 9.62. The summed E-state index contributed by atoms with van der Waals surface area (Å²) in [6.07, 6.45) is 2.31. The van der Waals surface area contributed by atoms with Gasteiger partial charge in [0.05, 0.1) is 18.8 Å². The standard InChI is InChI=1S/C21H33N3O2/c1-5-22-20(23-13-15-8-10-16(11-9-15)14(2)25)24-18-17-7-6-12-26-19(17)21(18,3)4/h8-11,14,17-19,25H,5-7,12-13H2,1-4H3,(H2,22,23,24). The van der Waals surface area contributed by atoms with Gasteiger partial charge < -0.3 is 20.5 Å². The second-order valence-corrected chi connectivity index (χ2v) is 8.15. The third-order valence-corrected chi connectivity index (χ3v) is 5.85. The number of hydrogen-bond donors (Lipinski definition) is 3. The highest BCUT2D eigenvalue weighted by Crippen LogP contribution is 2.51. The fourth-order valence-corrected chi connectivity index (χ4v) is 4.35. The van der Waals surface area contributed by atoms with Crippen LogP contribution in [0.4, 0.5) is 0 Å². The molecule has 3 N–H and O–H groups in total. The van der Waals surface area contributed by atoms with Crippen LogP contribution in [0.3, 0.4) is 0 Å². The van der Waals surface area contributed by atoms with Crippen LogP contribution in [0.15, 0.2) is 29.3 Å². The molecule has 4 unspecified atom stereocenters. The average molecular weight is 360 g/mol. The van der Waals surface area contributed by atoms with Crippen molar-refractivity contribution in [1.29, 1.82) is 0 Å². The van der Waals surface area contributed by atoms with Crippen LogP contribution in [0.5, 0.6) is 0 Å². The van der Waals surface area contributed by atoms with E-state index in [0.717, 1.165) is 36.7 Å². The van der Waals surface area contributed by atoms with Gasteiger partial charge in [-0.25, -0.2) is 4.99 Å². The van der Waals surface area contributed by atoms with E-state index in [1.165, 1.54) is 6.42 Å². The van der Waals surface area contributed by atoms with Crippen LogP contribution < -0.4 is 10.6 Å². The highest BCUT2D eigenvalue weighted by molar-refractivity contribution is 5.80. The molecule has 1 aliphatic heterocycles. The summed E-state index contributed by atoms with van der Waals surface area (Å²) in [6.45, 7) is 10.8. The summed E-state index contributed by atoms with van der Waals surface area (Å²) in [4.78, 5) is 4.77. The molecular weight excluding hydrogens is 326 g/mol. The SMILES string of the molecule is CCNC(=NCc1ccc(C(C)O)cc1)NC1C2CCCOC2C1(C)C. The van der Waals surface area contributed by atoms with Gasteiger partial charge in [-0.2, -0.15) is 0 Å². The number of nitrogens with zero attached hydrogens (tertiary/aromatic N) is 1. The van der Waals surface area contributed by atoms with Crippen molar-refractivity contribution in [2.45, 2.75) is 65.3 Å². The molecule has 4 atom stereocenters. The van der Waals surface area contributed by atoms with Gasteiger partial charge >= 0.3 is 0 Å². The first-order valence-electron chi connectivity index (χ1n) is 9.86. The Morgan fingerprint density at radius 1 is 1.35 bits per heavy atom. The number of hydrogen-bond acceptors (Lipinski definition) is 3. The van der Waals surface area contributed by atoms with Gasteiger partial charge in [0.2, 0.25) is 0 Å². The molecule has 144 valence electrons. The summed E-state index contributed by atoms with van der Waals surface area (Å²) >= 11 is 0. The highest BCUT2D eigenvalue weighted by Gasteiger charge is 2.58. The molecule has 0 radical (unpaired) electrons. The molecule has 0 bridgehead atoms. The van der Waals surface area contributed by atoms with Crippen LogP contribution in [-0.4, -0.2) is 36.4 Å². The van der Waals surface area contributed by atoms with Gasteiger partial charge in [0.1, 0.15) is 0 Å². The Labute approximate surface area is 157 Å². The molecule has 1 saturated carbocycles. The van der Waals surface area contributed by atoms with Crippen LogP contribution in [0, 0.1) is 11.3 Å². The van der Waals surface area contributed by atoms with E-state index in [0.29, 0.717) is 24.6 Å². The first-order valence-corrected chi connectivity index (χ1v) is 9.86. The first kappa shape index (κ1) is 19.2. The van der Waals surface area contributed by atoms with Crippen LogP contribution in [-0.2, 0) is 11.3 Å². The zero-order chi connectivity index (χ0) is 18.7. The van der Waals surface area contributed by atoms with E-state index in [2.05, 4.69) is 31.4 Å². The summed E-state index contributed by atoms with van der Waals surface area (Å²) in [7, 11) is 0. The summed E-state index contributed by atoms with van der Waals surface area (Å²) in [5.74, 6) is 1.45. The number of rotatable bonds is 5. The third kappa shape index (κ3) is 3.89. The topological polar surface area (TPSA) is 65.9 Å². The lowest BCUT2D eigenvalue weighted by atomic mass is 9.55. The maximum Gasteiger partial charge on any atom is 0.191 e. The van der Waals surface area contributed by atoms with Crippen molar-refractivity contribution in [3.63, 3.8) is 0 Å². The van der Waals surface area contributed by atoms with E-state index in [1.54, 1.807) is 6.92 Å². The quantitative estimate of drug-likeness (QED) is 0.558. The minimum Gasteiger partial charge on any atom is -0.389 e. The predicted molar refractivity (Wildman–Crippen MR) is 105 cm³/mol. The first-order chi connectivity index (χ1) is 12.4. The predicted octanol–water partition coefficient (Wildman–Crippen LogP) is 3.00. The van der Waals surface area contributed by atoms with E-state index in [9.17, 15) is 5.11 Å². The Bertz CT molecular complexity index is 625. The number of aliphatic imine (C=N–C) groups is 1. The molecule has 0 spiro atoms. The fourth-order valence-electron chi connectivity index (χ4n) is 4.35. The Morgan fingerprint density at radius 2 is 2.08 bits per heavy atom. The van der Waals surface area contributed by atoms with Crippen LogP contribution in [0.1, 0.15) is 57.8 Å². The van der Waals surface area contributed by atoms with Crippen molar-refractivity contribution in [3.05, 3.63) is 35.4 Å². The molecule has 1 aromatic rings. The van der Waals surface area contributed by atoms with E-state index in [-0.39, 0.29) is 5.41 Å². The Kier molecular flexibility index (Phi) is 5.88. The molecule has 1 aliphatic carbocycles. The Morgan fingerprint density at radius 3 is 2.73 bits per heavy atom. The van der Waals surface area contributed by atoms with Gasteiger partial charge in [-0.15, -0.1) is 0 Å². The van der Waals surface area contributed by atoms with E-state index in [1.807, 2.05) is 24.3 Å². The number of aliphatic hydroxyl groups is 1. The summed E-state index contributed by atoms with van der Waals surface area (Å²) in [5.41, 5.74) is 2.20. The molecule has 5 heteroatoms. The van der Waals surface area contributed by atoms with Crippen molar-refractivity contribution in [3.8, 4) is 0 Å². The lowest BCUT2D eigenvalue weighted by Gasteiger charge is -2.60. The molecule has 5 nitrogen and oxygen atoms in total. The zero-order valence-corrected chi connectivity index (χ0v) is 16.5. The van der Waals surface area contributed by atoms with Crippen molar-refractivity contribution in [2.24, 2.45) is 16.3 Å². The van der Waals surface area contributed by atoms with Crippen molar-refractivity contribution < 1.29 is 9.84 Å². The second-order valence-electron chi connectivity index (χ2n) is 8.15. The smallest absolute Gasteiger partial charge is 0.191 e. The number of benzene rings is 1. The van der Waals surface area contributed by atoms with Gasteiger partial charge in [0.15, 0.2) is 5.96 Å². The van der Waals surface area contributed by atoms with E-state index in [4.69, 9.17) is 9.73 Å². The van der Waals surface area contributed by atoms with Gasteiger partial charge in [-0.05, 0) is 37.8 Å². The van der Waals surface area contributed by atoms with Crippen LogP contribution in [0.25, 0.3) is 0 Å². The second kappa shape index (κ2) is 7.97. The normalized spacial score (nSPS) is 28.7. The number of nitrogens with one attached hydrogen (secondary N) is 2. The average Bonchev–Trinajstić information content (AvgIpc) is 2.64. The number of guanidine groups is 1. The lowest BCUT2D eigenvalue weighted by molar-refractivity contribution is -0.188. The van der Waals surface area contributed by atoms with Gasteiger partial charge in [0, 0.05) is 30.5 Å². The van der Waals surface area contributed by atoms with E-state index < -0.39 is 6.10 Å². The van der Waals surface area contributed by atoms with Crippen LogP contribution >= 0.6 is 0 Å². The molecule has 0 amide bonds. The molecular formula is C21H33N3O2. The van der Waals surface area contributed by atoms with Gasteiger partial charge in [-0.1, -0.05) is 38.1 Å². The molecule has 2 aliphatic rings. The Hall–Kier alpha value is -1.59. The highest BCUT2D eigenvalue weighted by atomic mass is 16.5. The number of ether oxygens (including phenoxy) is 1. The van der Waals surface area contributed by atoms with Gasteiger partial charge in [0.25, 0.3) is 0 Å². The van der Waals surface area contributed by atoms with E-state index >= 15 is 0 Å². The zero-order valence-electron chi connectivity index (χ0n) is 16.5. The molecule has 1 saturated heterocycles. The molecule has 26 heavy (non-hydrogen) atoms. The number of aliphatic hydroxyl groups excluding tert-OH is 1. The van der Waals surface area contributed by atoms with Crippen molar-refractivity contribution in [2.75, 3.05) is 13.2 Å². The number of fused-ring (bicyclic) bond motifs is 1. The van der Waals surface area contributed by atoms with Gasteiger partial charge in [-0.3, -0.25) is 0 Å². The summed E-state index contributed by atoms with van der Waals surface area (Å²) in [5, 5.41) is 16.7. The molecule has 3 rings (SSSR count). The molecule has 1 heterocycles. The maximum absolute atomic E-state index is 9.62. The minimum absolute atomic E-state index is 0.125. The van der Waals surface area contributed by atoms with Crippen molar-refractivity contribution in [1.82, 2.24) is 10.6 Å². The Balaban J connectivity index is 1.65. The monoisotopic (exact) mass is 359 g/mol. The molecule has 2 fully saturated rings. The molecule has 1 aromatic carbocycles. The van der Waals surface area contributed by atoms with Crippen molar-refractivity contribution >= 4 is 5.96 Å². The summed E-state index contributed by atoms with van der Waals surface area (Å²) < 4.78 is 6.00. The molecule has 0 aromatic heterocycles. The largest absolute Gasteiger partial charge is 0.389 e. The minimum atomic E-state index is -0.432. The fraction of sp³-hybridized carbons (Fsp3) is 0.667. The van der Waals surface area contributed by atoms with Crippen LogP contribution in [0.2, 0.25) is 0 Å². The summed E-state index contributed by atoms with van der Waals surface area (Å²) in [6, 6.07) is 8.40.